The van der Waals surface area contributed by atoms with Crippen molar-refractivity contribution in [2.24, 2.45) is 0 Å². The number of allylic oxidation sites excluding steroid dienone is 1. The van der Waals surface area contributed by atoms with Crippen LogP contribution in [0.15, 0.2) is 17.3 Å². The molecule has 0 aliphatic carbocycles. The average molecular weight is 380 g/mol. The smallest absolute Gasteiger partial charge is 0.337 e. The lowest BCUT2D eigenvalue weighted by Crippen LogP contribution is -2.50. The number of alkyl halides is 1. The number of thiocarbonyl (C=S) groups is 1. The molecule has 0 radical (unpaired) electrons. The Morgan fingerprint density at radius 1 is 1.24 bits per heavy atom. The van der Waals surface area contributed by atoms with E-state index in [-0.39, 0.29) is 22.4 Å². The van der Waals surface area contributed by atoms with Gasteiger partial charge in [0.2, 0.25) is 0 Å². The van der Waals surface area contributed by atoms with Gasteiger partial charge in [0.05, 0.1) is 18.2 Å². The number of ether oxygens (including phenoxy) is 1. The third-order valence-corrected chi connectivity index (χ3v) is 3.74. The standard InChI is InChI=1S/C15H13F5N2O2S/c1-6-11(10(5-16)22-15(25)21-6)14(23)24-3-2-7-12(19)8(17)4-9(18)13(7)20/h4,10H,2-3,5H2,1H3,(H2,21,22,25). The molecule has 1 aliphatic heterocycles. The zero-order valence-corrected chi connectivity index (χ0v) is 13.7. The van der Waals surface area contributed by atoms with Gasteiger partial charge in [0.1, 0.15) is 6.67 Å². The fraction of sp³-hybridized carbons (Fsp3) is 0.333. The Kier molecular flexibility index (Phi) is 5.93. The Morgan fingerprint density at radius 2 is 1.84 bits per heavy atom. The summed E-state index contributed by atoms with van der Waals surface area (Å²) < 4.78 is 71.2. The van der Waals surface area contributed by atoms with Gasteiger partial charge in [-0.15, -0.1) is 0 Å². The van der Waals surface area contributed by atoms with Crippen LogP contribution >= 0.6 is 12.2 Å². The highest BCUT2D eigenvalue weighted by Crippen LogP contribution is 2.20. The summed E-state index contributed by atoms with van der Waals surface area (Å²) in [5, 5.41) is 5.30. The maximum Gasteiger partial charge on any atom is 0.337 e. The van der Waals surface area contributed by atoms with Crippen LogP contribution in [0.4, 0.5) is 22.0 Å². The van der Waals surface area contributed by atoms with Gasteiger partial charge >= 0.3 is 5.97 Å². The maximum absolute atomic E-state index is 13.5. The number of nitrogens with one attached hydrogen (secondary N) is 2. The molecule has 2 rings (SSSR count). The first-order valence-corrected chi connectivity index (χ1v) is 7.50. The van der Waals surface area contributed by atoms with E-state index in [1.807, 2.05) is 0 Å². The van der Waals surface area contributed by atoms with Gasteiger partial charge in [0.25, 0.3) is 0 Å². The predicted octanol–water partition coefficient (Wildman–Crippen LogP) is 2.42. The zero-order valence-electron chi connectivity index (χ0n) is 12.9. The van der Waals surface area contributed by atoms with Crippen LogP contribution in [0.2, 0.25) is 0 Å². The van der Waals surface area contributed by atoms with Gasteiger partial charge in [-0.1, -0.05) is 0 Å². The number of benzene rings is 1. The summed E-state index contributed by atoms with van der Waals surface area (Å²) in [7, 11) is 0. The summed E-state index contributed by atoms with van der Waals surface area (Å²) in [5.74, 6) is -7.16. The predicted molar refractivity (Wildman–Crippen MR) is 82.3 cm³/mol. The molecule has 1 heterocycles. The van der Waals surface area contributed by atoms with E-state index in [1.165, 1.54) is 6.92 Å². The second kappa shape index (κ2) is 7.77. The SMILES string of the molecule is CC1=C(C(=O)OCCc2c(F)c(F)cc(F)c2F)C(CF)NC(=S)N1. The average Bonchev–Trinajstić information content (AvgIpc) is 2.55. The van der Waals surface area contributed by atoms with E-state index < -0.39 is 60.5 Å². The third kappa shape index (κ3) is 4.06. The zero-order chi connectivity index (χ0) is 18.7. The molecule has 0 saturated carbocycles. The van der Waals surface area contributed by atoms with Gasteiger partial charge in [-0.25, -0.2) is 26.7 Å². The number of hydrogen-bond acceptors (Lipinski definition) is 3. The molecule has 0 bridgehead atoms. The quantitative estimate of drug-likeness (QED) is 0.356. The minimum atomic E-state index is -1.56. The Labute approximate surface area is 145 Å². The molecule has 0 saturated heterocycles. The highest BCUT2D eigenvalue weighted by Gasteiger charge is 2.30. The fourth-order valence-electron chi connectivity index (χ4n) is 2.34. The van der Waals surface area contributed by atoms with Gasteiger partial charge in [-0.2, -0.15) is 0 Å². The minimum Gasteiger partial charge on any atom is -0.462 e. The van der Waals surface area contributed by atoms with E-state index in [4.69, 9.17) is 17.0 Å². The van der Waals surface area contributed by atoms with Crippen molar-refractivity contribution in [3.8, 4) is 0 Å². The largest absolute Gasteiger partial charge is 0.462 e. The van der Waals surface area contributed by atoms with Crippen molar-refractivity contribution >= 4 is 23.3 Å². The number of halogens is 5. The number of carbonyl (C=O) groups excluding carboxylic acids is 1. The summed E-state index contributed by atoms with van der Waals surface area (Å²) in [5.41, 5.74) is -0.674. The van der Waals surface area contributed by atoms with Crippen LogP contribution in [-0.2, 0) is 16.0 Å². The highest BCUT2D eigenvalue weighted by atomic mass is 32.1. The van der Waals surface area contributed by atoms with Crippen molar-refractivity contribution < 1.29 is 31.5 Å². The van der Waals surface area contributed by atoms with E-state index >= 15 is 0 Å². The summed E-state index contributed by atoms with van der Waals surface area (Å²) >= 11 is 4.84. The highest BCUT2D eigenvalue weighted by molar-refractivity contribution is 7.80. The molecule has 0 fully saturated rings. The van der Waals surface area contributed by atoms with Crippen LogP contribution in [0.5, 0.6) is 0 Å². The van der Waals surface area contributed by atoms with Crippen LogP contribution in [0.25, 0.3) is 0 Å². The second-order valence-electron chi connectivity index (χ2n) is 5.18. The molecule has 0 amide bonds. The van der Waals surface area contributed by atoms with Gasteiger partial charge in [-0.3, -0.25) is 0 Å². The minimum absolute atomic E-state index is 0.0672. The Morgan fingerprint density at radius 3 is 2.40 bits per heavy atom. The third-order valence-electron chi connectivity index (χ3n) is 3.52. The lowest BCUT2D eigenvalue weighted by Gasteiger charge is -2.27. The first-order valence-electron chi connectivity index (χ1n) is 7.09. The molecule has 1 aromatic carbocycles. The van der Waals surface area contributed by atoms with Crippen LogP contribution < -0.4 is 10.6 Å². The lowest BCUT2D eigenvalue weighted by atomic mass is 10.0. The molecular formula is C15H13F5N2O2S. The van der Waals surface area contributed by atoms with Gasteiger partial charge in [0.15, 0.2) is 28.4 Å². The molecular weight excluding hydrogens is 367 g/mol. The summed E-state index contributed by atoms with van der Waals surface area (Å²) in [6.07, 6.45) is -0.593. The molecule has 0 spiro atoms. The van der Waals surface area contributed by atoms with Crippen molar-refractivity contribution in [1.29, 1.82) is 0 Å². The van der Waals surface area contributed by atoms with Crippen molar-refractivity contribution in [2.45, 2.75) is 19.4 Å². The number of rotatable bonds is 5. The summed E-state index contributed by atoms with van der Waals surface area (Å²) in [4.78, 5) is 12.1. The van der Waals surface area contributed by atoms with E-state index in [0.29, 0.717) is 0 Å². The van der Waals surface area contributed by atoms with E-state index in [0.717, 1.165) is 0 Å². The van der Waals surface area contributed by atoms with Crippen molar-refractivity contribution in [2.75, 3.05) is 13.3 Å². The molecule has 136 valence electrons. The number of esters is 1. The molecule has 2 N–H and O–H groups in total. The summed E-state index contributed by atoms with van der Waals surface area (Å²) in [6.45, 7) is -0.0224. The Hall–Kier alpha value is -2.23. The van der Waals surface area contributed by atoms with Crippen molar-refractivity contribution in [3.63, 3.8) is 0 Å². The van der Waals surface area contributed by atoms with Crippen LogP contribution in [-0.4, -0.2) is 30.4 Å². The molecule has 1 unspecified atom stereocenters. The van der Waals surface area contributed by atoms with Crippen LogP contribution in [0.3, 0.4) is 0 Å². The van der Waals surface area contributed by atoms with Crippen LogP contribution in [0.1, 0.15) is 12.5 Å². The van der Waals surface area contributed by atoms with E-state index in [9.17, 15) is 26.7 Å². The maximum atomic E-state index is 13.5. The van der Waals surface area contributed by atoms with Gasteiger partial charge in [-0.05, 0) is 19.1 Å². The van der Waals surface area contributed by atoms with Crippen LogP contribution in [0, 0.1) is 23.3 Å². The van der Waals surface area contributed by atoms with Gasteiger partial charge in [0, 0.05) is 23.7 Å². The normalized spacial score (nSPS) is 17.2. The molecule has 25 heavy (non-hydrogen) atoms. The monoisotopic (exact) mass is 380 g/mol. The molecule has 4 nitrogen and oxygen atoms in total. The Bertz CT molecular complexity index is 728. The Balaban J connectivity index is 2.09. The topological polar surface area (TPSA) is 50.4 Å². The number of hydrogen-bond donors (Lipinski definition) is 2. The molecule has 1 aromatic rings. The van der Waals surface area contributed by atoms with Gasteiger partial charge < -0.3 is 15.4 Å². The van der Waals surface area contributed by atoms with E-state index in [1.54, 1.807) is 0 Å². The lowest BCUT2D eigenvalue weighted by molar-refractivity contribution is -0.139. The first kappa shape index (κ1) is 19.1. The molecule has 1 aliphatic rings. The molecule has 0 aromatic heterocycles. The van der Waals surface area contributed by atoms with Crippen molar-refractivity contribution in [3.05, 3.63) is 46.2 Å². The fourth-order valence-corrected chi connectivity index (χ4v) is 2.64. The first-order chi connectivity index (χ1) is 11.8. The van der Waals surface area contributed by atoms with E-state index in [2.05, 4.69) is 10.6 Å². The second-order valence-corrected chi connectivity index (χ2v) is 5.58. The number of carbonyl (C=O) groups is 1. The van der Waals surface area contributed by atoms with Crippen molar-refractivity contribution in [1.82, 2.24) is 10.6 Å². The molecule has 1 atom stereocenters. The summed E-state index contributed by atoms with van der Waals surface area (Å²) in [6, 6.07) is -0.941. The molecule has 10 heteroatoms.